The first-order chi connectivity index (χ1) is 14.5. The molecule has 2 N–H and O–H groups in total. The second kappa shape index (κ2) is 8.47. The first-order valence-electron chi connectivity index (χ1n) is 9.00. The van der Waals surface area contributed by atoms with E-state index in [4.69, 9.17) is 16.3 Å². The fourth-order valence-electron chi connectivity index (χ4n) is 2.76. The molecule has 10 heteroatoms. The quantitative estimate of drug-likeness (QED) is 0.389. The summed E-state index contributed by atoms with van der Waals surface area (Å²) < 4.78 is 34.3. The zero-order valence-electron chi connectivity index (χ0n) is 15.8. The van der Waals surface area contributed by atoms with Crippen LogP contribution < -0.4 is 14.8 Å². The van der Waals surface area contributed by atoms with Crippen LogP contribution in [0.4, 0.5) is 17.3 Å². The first kappa shape index (κ1) is 20.4. The number of ether oxygens (including phenoxy) is 1. The van der Waals surface area contributed by atoms with Gasteiger partial charge in [0, 0.05) is 0 Å². The number of nitrogens with one attached hydrogen (secondary N) is 2. The monoisotopic (exact) mass is 460 g/mol. The van der Waals surface area contributed by atoms with Crippen LogP contribution in [0.3, 0.4) is 0 Å². The van der Waals surface area contributed by atoms with Gasteiger partial charge in [0.15, 0.2) is 11.6 Å². The van der Waals surface area contributed by atoms with Crippen molar-refractivity contribution in [3.63, 3.8) is 0 Å². The second-order valence-corrected chi connectivity index (χ2v) is 9.75. The summed E-state index contributed by atoms with van der Waals surface area (Å²) in [6.07, 6.45) is 0. The zero-order chi connectivity index (χ0) is 21.1. The van der Waals surface area contributed by atoms with Crippen LogP contribution in [-0.2, 0) is 10.0 Å². The van der Waals surface area contributed by atoms with E-state index < -0.39 is 10.0 Å². The van der Waals surface area contributed by atoms with E-state index in [0.29, 0.717) is 33.4 Å². The highest BCUT2D eigenvalue weighted by atomic mass is 35.5. The number of aromatic nitrogens is 2. The number of hydrogen-bond acceptors (Lipinski definition) is 7. The van der Waals surface area contributed by atoms with Crippen LogP contribution in [0.2, 0.25) is 4.34 Å². The molecule has 0 saturated heterocycles. The highest BCUT2D eigenvalue weighted by Gasteiger charge is 2.21. The number of thiophene rings is 1. The average Bonchev–Trinajstić information content (AvgIpc) is 3.17. The van der Waals surface area contributed by atoms with Crippen LogP contribution >= 0.6 is 22.9 Å². The van der Waals surface area contributed by atoms with Gasteiger partial charge in [-0.15, -0.1) is 11.3 Å². The molecule has 2 heterocycles. The number of anilines is 3. The smallest absolute Gasteiger partial charge is 0.272 e. The molecule has 0 atom stereocenters. The van der Waals surface area contributed by atoms with Gasteiger partial charge in [-0.3, -0.25) is 4.72 Å². The molecule has 0 unspecified atom stereocenters. The molecule has 154 valence electrons. The fraction of sp³-hybridized carbons (Fsp3) is 0.100. The van der Waals surface area contributed by atoms with Crippen molar-refractivity contribution in [2.45, 2.75) is 11.1 Å². The van der Waals surface area contributed by atoms with Gasteiger partial charge in [-0.2, -0.15) is 0 Å². The number of fused-ring (bicyclic) bond motifs is 1. The Bertz CT molecular complexity index is 1310. The number of sulfonamides is 1. The Kier molecular flexibility index (Phi) is 5.76. The fourth-order valence-corrected chi connectivity index (χ4v) is 5.25. The van der Waals surface area contributed by atoms with Crippen molar-refractivity contribution in [3.8, 4) is 5.75 Å². The van der Waals surface area contributed by atoms with Crippen molar-refractivity contribution in [2.75, 3.05) is 16.6 Å². The highest BCUT2D eigenvalue weighted by Crippen LogP contribution is 2.33. The van der Waals surface area contributed by atoms with E-state index in [0.717, 1.165) is 11.3 Å². The maximum absolute atomic E-state index is 12.8. The van der Waals surface area contributed by atoms with Gasteiger partial charge >= 0.3 is 0 Å². The molecule has 0 amide bonds. The lowest BCUT2D eigenvalue weighted by Crippen LogP contribution is -2.15. The van der Waals surface area contributed by atoms with Crippen LogP contribution in [0.15, 0.2) is 64.9 Å². The summed E-state index contributed by atoms with van der Waals surface area (Å²) in [7, 11) is -3.89. The van der Waals surface area contributed by atoms with E-state index in [1.54, 1.807) is 12.1 Å². The molecule has 0 fully saturated rings. The minimum Gasteiger partial charge on any atom is -0.492 e. The number of benzene rings is 2. The van der Waals surface area contributed by atoms with Crippen LogP contribution in [0.1, 0.15) is 6.92 Å². The number of hydrogen-bond donors (Lipinski definition) is 2. The summed E-state index contributed by atoms with van der Waals surface area (Å²) in [5.41, 5.74) is 1.82. The Labute approximate surface area is 182 Å². The van der Waals surface area contributed by atoms with Gasteiger partial charge in [0.05, 0.1) is 27.7 Å². The van der Waals surface area contributed by atoms with Gasteiger partial charge in [0.2, 0.25) is 0 Å². The minimum absolute atomic E-state index is 0.0736. The molecule has 7 nitrogen and oxygen atoms in total. The largest absolute Gasteiger partial charge is 0.492 e. The topological polar surface area (TPSA) is 93.2 Å². The summed E-state index contributed by atoms with van der Waals surface area (Å²) in [6.45, 7) is 2.37. The lowest BCUT2D eigenvalue weighted by molar-refractivity contribution is 0.342. The van der Waals surface area contributed by atoms with E-state index in [1.165, 1.54) is 12.1 Å². The molecule has 0 spiro atoms. The number of nitrogens with zero attached hydrogens (tertiary/aromatic N) is 2. The summed E-state index contributed by atoms with van der Waals surface area (Å²) in [5.74, 6) is 0.949. The van der Waals surface area contributed by atoms with E-state index in [9.17, 15) is 8.42 Å². The van der Waals surface area contributed by atoms with E-state index in [2.05, 4.69) is 20.0 Å². The van der Waals surface area contributed by atoms with Gasteiger partial charge in [-0.25, -0.2) is 18.4 Å². The van der Waals surface area contributed by atoms with Crippen molar-refractivity contribution < 1.29 is 13.2 Å². The second-order valence-electron chi connectivity index (χ2n) is 6.13. The normalized spacial score (nSPS) is 11.4. The third-order valence-electron chi connectivity index (χ3n) is 4.05. The summed E-state index contributed by atoms with van der Waals surface area (Å²) in [4.78, 5) is 9.06. The number of para-hydroxylation sites is 4. The van der Waals surface area contributed by atoms with Crippen molar-refractivity contribution in [2.24, 2.45) is 0 Å². The SMILES string of the molecule is CCOc1ccccc1Nc1nc2ccccc2nc1NS(=O)(=O)c1ccc(Cl)s1. The van der Waals surface area contributed by atoms with E-state index in [1.807, 2.05) is 43.3 Å². The van der Waals surface area contributed by atoms with Crippen LogP contribution in [0, 0.1) is 0 Å². The van der Waals surface area contributed by atoms with Gasteiger partial charge < -0.3 is 10.1 Å². The highest BCUT2D eigenvalue weighted by molar-refractivity contribution is 7.94. The zero-order valence-corrected chi connectivity index (χ0v) is 18.2. The molecule has 0 bridgehead atoms. The Hall–Kier alpha value is -2.88. The molecular weight excluding hydrogens is 444 g/mol. The summed E-state index contributed by atoms with van der Waals surface area (Å²) in [6, 6.07) is 17.5. The summed E-state index contributed by atoms with van der Waals surface area (Å²) >= 11 is 6.87. The molecule has 0 aliphatic carbocycles. The van der Waals surface area contributed by atoms with Crippen molar-refractivity contribution in [3.05, 3.63) is 65.0 Å². The van der Waals surface area contributed by atoms with Gasteiger partial charge in [0.25, 0.3) is 10.0 Å². The molecule has 30 heavy (non-hydrogen) atoms. The van der Waals surface area contributed by atoms with Gasteiger partial charge in [-0.1, -0.05) is 35.9 Å². The van der Waals surface area contributed by atoms with E-state index >= 15 is 0 Å². The summed E-state index contributed by atoms with van der Waals surface area (Å²) in [5, 5.41) is 3.15. The third-order valence-corrected chi connectivity index (χ3v) is 7.12. The molecule has 0 saturated carbocycles. The van der Waals surface area contributed by atoms with Crippen molar-refractivity contribution >= 4 is 61.3 Å². The molecule has 0 radical (unpaired) electrons. The lowest BCUT2D eigenvalue weighted by atomic mass is 10.3. The Balaban J connectivity index is 1.78. The van der Waals surface area contributed by atoms with E-state index in [-0.39, 0.29) is 15.8 Å². The molecule has 4 rings (SSSR count). The molecule has 4 aromatic rings. The first-order valence-corrected chi connectivity index (χ1v) is 11.7. The molecule has 2 aromatic carbocycles. The Morgan fingerprint density at radius 1 is 0.967 bits per heavy atom. The van der Waals surface area contributed by atoms with Gasteiger partial charge in [-0.05, 0) is 43.3 Å². The predicted molar refractivity (Wildman–Crippen MR) is 121 cm³/mol. The van der Waals surface area contributed by atoms with Crippen molar-refractivity contribution in [1.82, 2.24) is 9.97 Å². The molecular formula is C20H17ClN4O3S2. The molecule has 0 aliphatic rings. The van der Waals surface area contributed by atoms with Crippen LogP contribution in [0.25, 0.3) is 11.0 Å². The standard InChI is InChI=1S/C20H17ClN4O3S2/c1-2-28-16-10-6-5-9-15(16)24-19-20(23-14-8-4-3-7-13(14)22-19)25-30(26,27)18-12-11-17(21)29-18/h3-12H,2H2,1H3,(H,22,24)(H,23,25). The van der Waals surface area contributed by atoms with Crippen LogP contribution in [-0.4, -0.2) is 25.0 Å². The van der Waals surface area contributed by atoms with Gasteiger partial charge in [0.1, 0.15) is 9.96 Å². The molecule has 2 aromatic heterocycles. The molecule has 0 aliphatic heterocycles. The Morgan fingerprint density at radius 2 is 1.63 bits per heavy atom. The number of halogens is 1. The van der Waals surface area contributed by atoms with Crippen molar-refractivity contribution in [1.29, 1.82) is 0 Å². The maximum atomic E-state index is 12.8. The minimum atomic E-state index is -3.89. The van der Waals surface area contributed by atoms with Crippen LogP contribution in [0.5, 0.6) is 5.75 Å². The third kappa shape index (κ3) is 4.33. The maximum Gasteiger partial charge on any atom is 0.272 e. The Morgan fingerprint density at radius 3 is 2.30 bits per heavy atom. The lowest BCUT2D eigenvalue weighted by Gasteiger charge is -2.15. The average molecular weight is 461 g/mol. The predicted octanol–water partition coefficient (Wildman–Crippen LogP) is 5.29. The number of rotatable bonds is 7.